The zero-order valence-corrected chi connectivity index (χ0v) is 13.0. The van der Waals surface area contributed by atoms with E-state index < -0.39 is 0 Å². The first-order chi connectivity index (χ1) is 9.57. The van der Waals surface area contributed by atoms with Gasteiger partial charge in [0.1, 0.15) is 0 Å². The van der Waals surface area contributed by atoms with E-state index >= 15 is 0 Å². The number of rotatable bonds is 2. The Morgan fingerprint density at radius 3 is 2.50 bits per heavy atom. The first-order valence-electron chi connectivity index (χ1n) is 7.84. The van der Waals surface area contributed by atoms with Gasteiger partial charge in [0.15, 0.2) is 0 Å². The van der Waals surface area contributed by atoms with E-state index in [9.17, 15) is 0 Å². The van der Waals surface area contributed by atoms with Crippen LogP contribution in [0.25, 0.3) is 10.9 Å². The van der Waals surface area contributed by atoms with E-state index in [0.717, 1.165) is 6.54 Å². The van der Waals surface area contributed by atoms with Crippen LogP contribution in [0, 0.1) is 13.8 Å². The van der Waals surface area contributed by atoms with E-state index in [2.05, 4.69) is 43.8 Å². The molecule has 1 aliphatic rings. The Morgan fingerprint density at radius 1 is 1.15 bits per heavy atom. The van der Waals surface area contributed by atoms with Crippen LogP contribution in [0.2, 0.25) is 0 Å². The molecule has 1 saturated carbocycles. The molecule has 0 spiro atoms. The number of hydrogen-bond donors (Lipinski definition) is 1. The Kier molecular flexibility index (Phi) is 3.37. The van der Waals surface area contributed by atoms with E-state index in [1.807, 2.05) is 0 Å². The van der Waals surface area contributed by atoms with Crippen LogP contribution < -0.4 is 5.73 Å². The topological polar surface area (TPSA) is 30.9 Å². The lowest BCUT2D eigenvalue weighted by molar-refractivity contribution is 0.302. The maximum Gasteiger partial charge on any atom is 0.0510 e. The number of fused-ring (bicyclic) bond motifs is 1. The molecular weight excluding hydrogens is 244 g/mol. The van der Waals surface area contributed by atoms with Gasteiger partial charge in [0.05, 0.1) is 5.52 Å². The number of nitrogens with two attached hydrogens (primary N) is 1. The van der Waals surface area contributed by atoms with Crippen molar-refractivity contribution in [3.8, 4) is 0 Å². The van der Waals surface area contributed by atoms with Crippen molar-refractivity contribution in [2.45, 2.75) is 51.4 Å². The number of nitrogens with zero attached hydrogens (tertiary/aromatic N) is 1. The van der Waals surface area contributed by atoms with Crippen LogP contribution in [0.4, 0.5) is 0 Å². The van der Waals surface area contributed by atoms with Gasteiger partial charge in [-0.1, -0.05) is 30.9 Å². The second-order valence-electron chi connectivity index (χ2n) is 6.68. The van der Waals surface area contributed by atoms with Crippen molar-refractivity contribution in [1.29, 1.82) is 0 Å². The zero-order chi connectivity index (χ0) is 14.3. The summed E-state index contributed by atoms with van der Waals surface area (Å²) in [5.74, 6) is 0. The molecule has 2 N–H and O–H groups in total. The van der Waals surface area contributed by atoms with Gasteiger partial charge < -0.3 is 10.3 Å². The summed E-state index contributed by atoms with van der Waals surface area (Å²) in [6.07, 6.45) is 8.84. The summed E-state index contributed by atoms with van der Waals surface area (Å²) in [5, 5.41) is 1.43. The van der Waals surface area contributed by atoms with Crippen molar-refractivity contribution in [2.24, 2.45) is 12.8 Å². The molecule has 0 saturated heterocycles. The minimum absolute atomic E-state index is 0.206. The number of aromatic nitrogens is 1. The highest BCUT2D eigenvalue weighted by Crippen LogP contribution is 2.42. The summed E-state index contributed by atoms with van der Waals surface area (Å²) in [5.41, 5.74) is 12.0. The summed E-state index contributed by atoms with van der Waals surface area (Å²) in [4.78, 5) is 0. The molecule has 1 fully saturated rings. The Labute approximate surface area is 122 Å². The van der Waals surface area contributed by atoms with Crippen LogP contribution in [-0.2, 0) is 12.5 Å². The summed E-state index contributed by atoms with van der Waals surface area (Å²) < 4.78 is 2.30. The van der Waals surface area contributed by atoms with Crippen molar-refractivity contribution in [1.82, 2.24) is 4.57 Å². The van der Waals surface area contributed by atoms with Crippen LogP contribution in [0.5, 0.6) is 0 Å². The van der Waals surface area contributed by atoms with E-state index in [-0.39, 0.29) is 5.41 Å². The van der Waals surface area contributed by atoms with Gasteiger partial charge in [-0.15, -0.1) is 0 Å². The number of hydrogen-bond acceptors (Lipinski definition) is 1. The van der Waals surface area contributed by atoms with Crippen LogP contribution in [0.15, 0.2) is 18.3 Å². The Bertz CT molecular complexity index is 630. The monoisotopic (exact) mass is 270 g/mol. The molecule has 2 nitrogen and oxygen atoms in total. The van der Waals surface area contributed by atoms with Crippen molar-refractivity contribution in [3.63, 3.8) is 0 Å². The van der Waals surface area contributed by atoms with Crippen molar-refractivity contribution in [3.05, 3.63) is 35.0 Å². The normalized spacial score (nSPS) is 18.6. The molecule has 1 aromatic heterocycles. The quantitative estimate of drug-likeness (QED) is 0.880. The molecule has 0 bridgehead atoms. The molecule has 1 aromatic carbocycles. The van der Waals surface area contributed by atoms with Crippen molar-refractivity contribution >= 4 is 10.9 Å². The van der Waals surface area contributed by atoms with Gasteiger partial charge >= 0.3 is 0 Å². The van der Waals surface area contributed by atoms with Crippen LogP contribution in [0.3, 0.4) is 0 Å². The summed E-state index contributed by atoms with van der Waals surface area (Å²) in [7, 11) is 2.17. The van der Waals surface area contributed by atoms with Crippen LogP contribution in [0.1, 0.15) is 48.8 Å². The van der Waals surface area contributed by atoms with Crippen LogP contribution in [-0.4, -0.2) is 11.1 Å². The van der Waals surface area contributed by atoms with Gasteiger partial charge in [0.25, 0.3) is 0 Å². The highest BCUT2D eigenvalue weighted by atomic mass is 14.9. The van der Waals surface area contributed by atoms with Crippen molar-refractivity contribution < 1.29 is 0 Å². The molecule has 0 amide bonds. The number of aryl methyl sites for hydroxylation is 3. The largest absolute Gasteiger partial charge is 0.350 e. The lowest BCUT2D eigenvalue weighted by atomic mass is 9.69. The Balaban J connectivity index is 2.25. The summed E-state index contributed by atoms with van der Waals surface area (Å²) in [6.45, 7) is 5.19. The number of benzene rings is 1. The van der Waals surface area contributed by atoms with E-state index in [4.69, 9.17) is 5.73 Å². The average Bonchev–Trinajstić information content (AvgIpc) is 2.77. The fourth-order valence-corrected chi connectivity index (χ4v) is 4.20. The first kappa shape index (κ1) is 13.7. The van der Waals surface area contributed by atoms with E-state index in [1.165, 1.54) is 59.7 Å². The second kappa shape index (κ2) is 4.92. The maximum absolute atomic E-state index is 6.24. The van der Waals surface area contributed by atoms with Gasteiger partial charge in [0, 0.05) is 30.6 Å². The third-order valence-corrected chi connectivity index (χ3v) is 5.18. The van der Waals surface area contributed by atoms with Crippen molar-refractivity contribution in [2.75, 3.05) is 6.54 Å². The van der Waals surface area contributed by atoms with Crippen LogP contribution >= 0.6 is 0 Å². The fraction of sp³-hybridized carbons (Fsp3) is 0.556. The molecule has 108 valence electrons. The molecule has 2 heteroatoms. The molecule has 0 unspecified atom stereocenters. The lowest BCUT2D eigenvalue weighted by Crippen LogP contribution is -2.37. The molecule has 0 atom stereocenters. The fourth-order valence-electron chi connectivity index (χ4n) is 4.20. The molecule has 0 radical (unpaired) electrons. The Morgan fingerprint density at radius 2 is 1.85 bits per heavy atom. The van der Waals surface area contributed by atoms with Gasteiger partial charge in [-0.2, -0.15) is 0 Å². The molecular formula is C18H26N2. The molecule has 0 aliphatic heterocycles. The molecule has 20 heavy (non-hydrogen) atoms. The van der Waals surface area contributed by atoms with Gasteiger partial charge in [-0.05, 0) is 43.9 Å². The second-order valence-corrected chi connectivity index (χ2v) is 6.68. The maximum atomic E-state index is 6.24. The smallest absolute Gasteiger partial charge is 0.0510 e. The van der Waals surface area contributed by atoms with Gasteiger partial charge in [-0.25, -0.2) is 0 Å². The first-order valence-corrected chi connectivity index (χ1v) is 7.84. The molecule has 2 aromatic rings. The minimum Gasteiger partial charge on any atom is -0.350 e. The highest BCUT2D eigenvalue weighted by molar-refractivity contribution is 5.88. The molecule has 1 heterocycles. The zero-order valence-electron chi connectivity index (χ0n) is 13.0. The van der Waals surface area contributed by atoms with E-state index in [1.54, 1.807) is 0 Å². The predicted molar refractivity (Wildman–Crippen MR) is 86.2 cm³/mol. The Hall–Kier alpha value is -1.28. The summed E-state index contributed by atoms with van der Waals surface area (Å²) in [6, 6.07) is 4.63. The molecule has 1 aliphatic carbocycles. The van der Waals surface area contributed by atoms with Gasteiger partial charge in [0.2, 0.25) is 0 Å². The lowest BCUT2D eigenvalue weighted by Gasteiger charge is -2.36. The third-order valence-electron chi connectivity index (χ3n) is 5.18. The predicted octanol–water partition coefficient (Wildman–Crippen LogP) is 3.96. The highest BCUT2D eigenvalue weighted by Gasteiger charge is 2.35. The minimum atomic E-state index is 0.206. The van der Waals surface area contributed by atoms with E-state index in [0.29, 0.717) is 0 Å². The summed E-state index contributed by atoms with van der Waals surface area (Å²) >= 11 is 0. The third kappa shape index (κ3) is 1.98. The average molecular weight is 270 g/mol. The SMILES string of the molecule is Cc1cc(C)c2c(c1)c(C1(CN)CCCCC1)cn2C. The molecule has 3 rings (SSSR count). The van der Waals surface area contributed by atoms with Gasteiger partial charge in [-0.3, -0.25) is 0 Å². The standard InChI is InChI=1S/C18H26N2/c1-13-9-14(2)17-15(10-13)16(11-20(17)3)18(12-19)7-5-4-6-8-18/h9-11H,4-8,12,19H2,1-3H3.